The summed E-state index contributed by atoms with van der Waals surface area (Å²) in [5.41, 5.74) is 3.71. The molecule has 1 heterocycles. The molecule has 1 aliphatic heterocycles. The lowest BCUT2D eigenvalue weighted by atomic mass is 9.81. The average molecular weight is 464 g/mol. The molecule has 174 valence electrons. The highest BCUT2D eigenvalue weighted by molar-refractivity contribution is 6.08. The molecule has 0 aliphatic carbocycles. The molecule has 0 aromatic heterocycles. The van der Waals surface area contributed by atoms with E-state index in [0.717, 1.165) is 39.4 Å². The Bertz CT molecular complexity index is 1440. The summed E-state index contributed by atoms with van der Waals surface area (Å²) in [6.07, 6.45) is 1.44. The van der Waals surface area contributed by atoms with E-state index < -0.39 is 5.60 Å². The van der Waals surface area contributed by atoms with Crippen LogP contribution in [0.4, 0.5) is 4.39 Å². The molecule has 5 heteroatoms. The summed E-state index contributed by atoms with van der Waals surface area (Å²) in [5, 5.41) is 20.3. The van der Waals surface area contributed by atoms with Crippen molar-refractivity contribution in [1.82, 2.24) is 4.90 Å². The van der Waals surface area contributed by atoms with Crippen molar-refractivity contribution in [3.63, 3.8) is 0 Å². The van der Waals surface area contributed by atoms with Crippen LogP contribution in [-0.2, 0) is 16.9 Å². The molecule has 0 saturated heterocycles. The maximum absolute atomic E-state index is 13.7. The fourth-order valence-corrected chi connectivity index (χ4v) is 5.08. The van der Waals surface area contributed by atoms with Crippen LogP contribution in [0.15, 0.2) is 84.9 Å². The number of halogens is 1. The van der Waals surface area contributed by atoms with E-state index in [9.17, 15) is 9.65 Å². The van der Waals surface area contributed by atoms with Crippen LogP contribution in [0, 0.1) is 22.6 Å². The van der Waals surface area contributed by atoms with Gasteiger partial charge in [0.1, 0.15) is 17.3 Å². The van der Waals surface area contributed by atoms with Crippen LogP contribution in [0.5, 0.6) is 0 Å². The second kappa shape index (κ2) is 9.32. The first kappa shape index (κ1) is 22.8. The topological polar surface area (TPSA) is 60.1 Å². The molecule has 1 unspecified atom stereocenters. The van der Waals surface area contributed by atoms with Gasteiger partial charge in [-0.05, 0) is 64.6 Å². The summed E-state index contributed by atoms with van der Waals surface area (Å²) < 4.78 is 20.1. The number of ether oxygens (including phenoxy) is 1. The Kier molecular flexibility index (Phi) is 6.07. The zero-order valence-electron chi connectivity index (χ0n) is 19.6. The lowest BCUT2D eigenvalue weighted by molar-refractivity contribution is -0.0136. The highest BCUT2D eigenvalue weighted by Crippen LogP contribution is 2.45. The van der Waals surface area contributed by atoms with Gasteiger partial charge in [-0.1, -0.05) is 60.7 Å². The van der Waals surface area contributed by atoms with Crippen LogP contribution in [0.1, 0.15) is 40.7 Å². The fourth-order valence-electron chi connectivity index (χ4n) is 5.08. The number of nitrogens with zero attached hydrogens (tertiary/aromatic N) is 2. The van der Waals surface area contributed by atoms with Gasteiger partial charge in [0, 0.05) is 19.2 Å². The quantitative estimate of drug-likeness (QED) is 0.267. The molecule has 5 rings (SSSR count). The second-order valence-electron chi connectivity index (χ2n) is 9.01. The van der Waals surface area contributed by atoms with Gasteiger partial charge in [-0.25, -0.2) is 4.39 Å². The molecule has 0 bridgehead atoms. The van der Waals surface area contributed by atoms with Crippen molar-refractivity contribution < 1.29 is 9.13 Å². The van der Waals surface area contributed by atoms with E-state index in [1.165, 1.54) is 12.1 Å². The first-order chi connectivity index (χ1) is 17.0. The molecule has 1 atom stereocenters. The summed E-state index contributed by atoms with van der Waals surface area (Å²) in [7, 11) is 1.94. The molecule has 0 fully saturated rings. The predicted octanol–water partition coefficient (Wildman–Crippen LogP) is 6.36. The predicted molar refractivity (Wildman–Crippen MR) is 136 cm³/mol. The van der Waals surface area contributed by atoms with Gasteiger partial charge in [-0.2, -0.15) is 5.26 Å². The smallest absolute Gasteiger partial charge is 0.128 e. The zero-order valence-corrected chi connectivity index (χ0v) is 19.6. The van der Waals surface area contributed by atoms with Crippen LogP contribution in [0.3, 0.4) is 0 Å². The van der Waals surface area contributed by atoms with E-state index in [1.807, 2.05) is 54.4 Å². The molecule has 1 N–H and O–H groups in total. The van der Waals surface area contributed by atoms with Gasteiger partial charge >= 0.3 is 0 Å². The summed E-state index contributed by atoms with van der Waals surface area (Å²) >= 11 is 0. The number of rotatable bonds is 6. The van der Waals surface area contributed by atoms with Crippen molar-refractivity contribution in [1.29, 1.82) is 10.7 Å². The van der Waals surface area contributed by atoms with Crippen LogP contribution in [-0.4, -0.2) is 24.3 Å². The van der Waals surface area contributed by atoms with Crippen LogP contribution in [0.25, 0.3) is 10.8 Å². The minimum Gasteiger partial charge on any atom is -0.361 e. The minimum atomic E-state index is -0.709. The molecule has 0 saturated carbocycles. The van der Waals surface area contributed by atoms with E-state index in [0.29, 0.717) is 31.0 Å². The van der Waals surface area contributed by atoms with Crippen molar-refractivity contribution in [2.75, 3.05) is 13.6 Å². The monoisotopic (exact) mass is 463 g/mol. The number of nitriles is 1. The molecule has 1 aliphatic rings. The maximum Gasteiger partial charge on any atom is 0.128 e. The standard InChI is InChI=1S/C30H26FN3O/c1-34(29(33)27-9-4-7-22-6-2-3-8-26(22)27)17-5-16-30(24-11-13-25(31)14-12-24)28-15-10-21(19-32)18-23(28)20-35-30/h2-4,6-15,18,33H,5,16-17,20H2,1H3. The Morgan fingerprint density at radius 3 is 2.63 bits per heavy atom. The molecule has 0 spiro atoms. The molecule has 35 heavy (non-hydrogen) atoms. The summed E-state index contributed by atoms with van der Waals surface area (Å²) in [5.74, 6) is 0.189. The number of amidine groups is 1. The second-order valence-corrected chi connectivity index (χ2v) is 9.01. The van der Waals surface area contributed by atoms with Crippen molar-refractivity contribution in [2.45, 2.75) is 25.0 Å². The third-order valence-corrected chi connectivity index (χ3v) is 6.90. The molecular formula is C30H26FN3O. The van der Waals surface area contributed by atoms with Crippen LogP contribution < -0.4 is 0 Å². The van der Waals surface area contributed by atoms with Gasteiger partial charge in [-0.3, -0.25) is 5.41 Å². The molecule has 4 aromatic carbocycles. The van der Waals surface area contributed by atoms with Gasteiger partial charge in [0.05, 0.1) is 18.2 Å². The molecule has 0 amide bonds. The number of fused-ring (bicyclic) bond motifs is 2. The zero-order chi connectivity index (χ0) is 24.4. The van der Waals surface area contributed by atoms with Gasteiger partial charge in [0.2, 0.25) is 0 Å². The number of benzene rings is 4. The Morgan fingerprint density at radius 1 is 1.06 bits per heavy atom. The highest BCUT2D eigenvalue weighted by Gasteiger charge is 2.41. The molecular weight excluding hydrogens is 437 g/mol. The van der Waals surface area contributed by atoms with E-state index in [1.54, 1.807) is 12.1 Å². The van der Waals surface area contributed by atoms with Gasteiger partial charge in [0.25, 0.3) is 0 Å². The summed E-state index contributed by atoms with van der Waals surface area (Å²) in [6.45, 7) is 1.07. The van der Waals surface area contributed by atoms with Crippen molar-refractivity contribution in [2.24, 2.45) is 0 Å². The third-order valence-electron chi connectivity index (χ3n) is 6.90. The van der Waals surface area contributed by atoms with Gasteiger partial charge < -0.3 is 9.64 Å². The summed E-state index contributed by atoms with van der Waals surface area (Å²) in [4.78, 5) is 1.97. The van der Waals surface area contributed by atoms with E-state index in [2.05, 4.69) is 24.3 Å². The first-order valence-electron chi connectivity index (χ1n) is 11.7. The number of hydrogen-bond donors (Lipinski definition) is 1. The minimum absolute atomic E-state index is 0.287. The van der Waals surface area contributed by atoms with E-state index in [-0.39, 0.29) is 5.82 Å². The van der Waals surface area contributed by atoms with Gasteiger partial charge in [-0.15, -0.1) is 0 Å². The van der Waals surface area contributed by atoms with Gasteiger partial charge in [0.15, 0.2) is 0 Å². The first-order valence-corrected chi connectivity index (χ1v) is 11.7. The van der Waals surface area contributed by atoms with Crippen LogP contribution in [0.2, 0.25) is 0 Å². The largest absolute Gasteiger partial charge is 0.361 e. The Labute approximate surface area is 204 Å². The Hall–Kier alpha value is -4.01. The van der Waals surface area contributed by atoms with Crippen LogP contribution >= 0.6 is 0 Å². The third kappa shape index (κ3) is 4.18. The Morgan fingerprint density at radius 2 is 1.83 bits per heavy atom. The van der Waals surface area contributed by atoms with Crippen molar-refractivity contribution in [3.8, 4) is 6.07 Å². The highest BCUT2D eigenvalue weighted by atomic mass is 19.1. The maximum atomic E-state index is 13.7. The average Bonchev–Trinajstić information content (AvgIpc) is 3.26. The summed E-state index contributed by atoms with van der Waals surface area (Å²) in [6, 6.07) is 28.5. The number of nitrogens with one attached hydrogen (secondary N) is 1. The molecule has 4 nitrogen and oxygen atoms in total. The van der Waals surface area contributed by atoms with Crippen molar-refractivity contribution >= 4 is 16.6 Å². The normalized spacial score (nSPS) is 16.6. The molecule has 4 aromatic rings. The molecule has 0 radical (unpaired) electrons. The Balaban J connectivity index is 1.39. The van der Waals surface area contributed by atoms with E-state index in [4.69, 9.17) is 10.1 Å². The van der Waals surface area contributed by atoms with E-state index >= 15 is 0 Å². The van der Waals surface area contributed by atoms with Crippen molar-refractivity contribution in [3.05, 3.63) is 119 Å². The fraction of sp³-hybridized carbons (Fsp3) is 0.200. The SMILES string of the molecule is CN(CCCC1(c2ccc(F)cc2)OCc2cc(C#N)ccc21)C(=N)c1cccc2ccccc12. The lowest BCUT2D eigenvalue weighted by Gasteiger charge is -2.32. The lowest BCUT2D eigenvalue weighted by Crippen LogP contribution is -2.31. The number of hydrogen-bond acceptors (Lipinski definition) is 3.